The number of methoxy groups -OCH3 is 1. The standard InChI is InChI=1S/C20H28N2O4/c1-24-16-6-4-5-15(13-16)14-21-11-9-18-17(21)7-8-19(26-18)20(23)22-10-2-3-12-25-22/h4-6,13,17-19H,2-3,7-12,14H2,1H3/t17-,18-,19-/m1/s1. The molecule has 3 fully saturated rings. The van der Waals surface area contributed by atoms with E-state index in [0.29, 0.717) is 19.2 Å². The van der Waals surface area contributed by atoms with Crippen LogP contribution in [0.2, 0.25) is 0 Å². The van der Waals surface area contributed by atoms with Crippen LogP contribution in [0.5, 0.6) is 5.75 Å². The van der Waals surface area contributed by atoms with Gasteiger partial charge in [0.25, 0.3) is 5.91 Å². The number of carbonyl (C=O) groups excluding carboxylic acids is 1. The van der Waals surface area contributed by atoms with Crippen molar-refractivity contribution in [1.82, 2.24) is 9.96 Å². The highest BCUT2D eigenvalue weighted by Gasteiger charge is 2.42. The normalized spacial score (nSPS) is 29.4. The number of amides is 1. The van der Waals surface area contributed by atoms with Gasteiger partial charge in [-0.05, 0) is 49.8 Å². The molecule has 3 aliphatic heterocycles. The number of hydrogen-bond donors (Lipinski definition) is 0. The Morgan fingerprint density at radius 1 is 1.23 bits per heavy atom. The van der Waals surface area contributed by atoms with Crippen LogP contribution in [0.15, 0.2) is 24.3 Å². The fourth-order valence-electron chi connectivity index (χ4n) is 4.33. The topological polar surface area (TPSA) is 51.2 Å². The van der Waals surface area contributed by atoms with Gasteiger partial charge in [0.1, 0.15) is 11.9 Å². The van der Waals surface area contributed by atoms with Gasteiger partial charge in [-0.1, -0.05) is 12.1 Å². The molecule has 3 heterocycles. The predicted molar refractivity (Wildman–Crippen MR) is 96.6 cm³/mol. The summed E-state index contributed by atoms with van der Waals surface area (Å²) in [6, 6.07) is 8.63. The number of rotatable bonds is 4. The molecule has 0 unspecified atom stereocenters. The van der Waals surface area contributed by atoms with Gasteiger partial charge in [0, 0.05) is 25.7 Å². The lowest BCUT2D eigenvalue weighted by molar-refractivity contribution is -0.213. The first-order valence-corrected chi connectivity index (χ1v) is 9.71. The van der Waals surface area contributed by atoms with Crippen molar-refractivity contribution < 1.29 is 19.1 Å². The quantitative estimate of drug-likeness (QED) is 0.825. The van der Waals surface area contributed by atoms with Crippen molar-refractivity contribution in [2.45, 2.75) is 56.9 Å². The van der Waals surface area contributed by atoms with Gasteiger partial charge < -0.3 is 9.47 Å². The summed E-state index contributed by atoms with van der Waals surface area (Å²) in [5.41, 5.74) is 1.25. The highest BCUT2D eigenvalue weighted by molar-refractivity contribution is 5.80. The molecule has 6 nitrogen and oxygen atoms in total. The van der Waals surface area contributed by atoms with E-state index in [9.17, 15) is 4.79 Å². The minimum Gasteiger partial charge on any atom is -0.497 e. The fraction of sp³-hybridized carbons (Fsp3) is 0.650. The molecule has 0 N–H and O–H groups in total. The van der Waals surface area contributed by atoms with Crippen LogP contribution in [0.3, 0.4) is 0 Å². The van der Waals surface area contributed by atoms with Gasteiger partial charge in [-0.2, -0.15) is 0 Å². The van der Waals surface area contributed by atoms with Gasteiger partial charge in [-0.3, -0.25) is 14.5 Å². The van der Waals surface area contributed by atoms with Crippen LogP contribution in [-0.2, 0) is 20.9 Å². The Hall–Kier alpha value is -1.63. The lowest BCUT2D eigenvalue weighted by Gasteiger charge is -2.37. The van der Waals surface area contributed by atoms with Crippen molar-refractivity contribution in [3.8, 4) is 5.75 Å². The van der Waals surface area contributed by atoms with Crippen LogP contribution in [0.4, 0.5) is 0 Å². The number of likely N-dealkylation sites (tertiary alicyclic amines) is 1. The first kappa shape index (κ1) is 17.8. The predicted octanol–water partition coefficient (Wildman–Crippen LogP) is 2.37. The van der Waals surface area contributed by atoms with Crippen LogP contribution in [-0.4, -0.2) is 60.9 Å². The van der Waals surface area contributed by atoms with Crippen molar-refractivity contribution in [2.75, 3.05) is 26.8 Å². The molecule has 0 spiro atoms. The summed E-state index contributed by atoms with van der Waals surface area (Å²) in [6.45, 7) is 3.23. The lowest BCUT2D eigenvalue weighted by Crippen LogP contribution is -2.49. The molecular weight excluding hydrogens is 332 g/mol. The monoisotopic (exact) mass is 360 g/mol. The number of hydroxylamine groups is 2. The van der Waals surface area contributed by atoms with E-state index in [1.54, 1.807) is 7.11 Å². The molecule has 1 aromatic rings. The smallest absolute Gasteiger partial charge is 0.275 e. The number of ether oxygens (including phenoxy) is 2. The third kappa shape index (κ3) is 3.72. The lowest BCUT2D eigenvalue weighted by atomic mass is 9.98. The summed E-state index contributed by atoms with van der Waals surface area (Å²) in [4.78, 5) is 20.6. The Kier molecular flexibility index (Phi) is 5.43. The largest absolute Gasteiger partial charge is 0.497 e. The minimum atomic E-state index is -0.342. The van der Waals surface area contributed by atoms with E-state index in [4.69, 9.17) is 14.3 Å². The molecular formula is C20H28N2O4. The van der Waals surface area contributed by atoms with Crippen molar-refractivity contribution in [3.63, 3.8) is 0 Å². The number of fused-ring (bicyclic) bond motifs is 1. The van der Waals surface area contributed by atoms with E-state index in [1.165, 1.54) is 10.6 Å². The third-order valence-corrected chi connectivity index (χ3v) is 5.71. The molecule has 0 radical (unpaired) electrons. The average molecular weight is 360 g/mol. The van der Waals surface area contributed by atoms with Gasteiger partial charge in [0.15, 0.2) is 0 Å². The average Bonchev–Trinajstić information content (AvgIpc) is 3.10. The van der Waals surface area contributed by atoms with E-state index in [0.717, 1.165) is 50.9 Å². The van der Waals surface area contributed by atoms with Crippen LogP contribution in [0.25, 0.3) is 0 Å². The van der Waals surface area contributed by atoms with Gasteiger partial charge in [0.2, 0.25) is 0 Å². The molecule has 3 atom stereocenters. The SMILES string of the molecule is COc1cccc(CN2CC[C@H]3O[C@@H](C(=O)N4CCCCO4)CC[C@H]32)c1. The molecule has 3 saturated heterocycles. The molecule has 3 aliphatic rings. The number of benzene rings is 1. The first-order valence-electron chi connectivity index (χ1n) is 9.71. The first-order chi connectivity index (χ1) is 12.7. The molecule has 142 valence electrons. The number of nitrogens with zero attached hydrogens (tertiary/aromatic N) is 2. The van der Waals surface area contributed by atoms with Crippen molar-refractivity contribution in [3.05, 3.63) is 29.8 Å². The summed E-state index contributed by atoms with van der Waals surface area (Å²) in [5.74, 6) is 0.903. The Bertz CT molecular complexity index is 632. The summed E-state index contributed by atoms with van der Waals surface area (Å²) in [7, 11) is 1.70. The maximum absolute atomic E-state index is 12.6. The van der Waals surface area contributed by atoms with E-state index in [2.05, 4.69) is 17.0 Å². The Morgan fingerprint density at radius 2 is 2.15 bits per heavy atom. The fourth-order valence-corrected chi connectivity index (χ4v) is 4.33. The molecule has 0 bridgehead atoms. The summed E-state index contributed by atoms with van der Waals surface area (Å²) < 4.78 is 11.5. The Morgan fingerprint density at radius 3 is 2.96 bits per heavy atom. The maximum atomic E-state index is 12.6. The summed E-state index contributed by atoms with van der Waals surface area (Å²) >= 11 is 0. The molecule has 0 aliphatic carbocycles. The highest BCUT2D eigenvalue weighted by atomic mass is 16.7. The van der Waals surface area contributed by atoms with Gasteiger partial charge >= 0.3 is 0 Å². The van der Waals surface area contributed by atoms with Crippen molar-refractivity contribution >= 4 is 5.91 Å². The minimum absolute atomic E-state index is 0.00870. The van der Waals surface area contributed by atoms with Gasteiger partial charge in [0.05, 0.1) is 19.8 Å². The van der Waals surface area contributed by atoms with Gasteiger partial charge in [-0.15, -0.1) is 0 Å². The zero-order valence-corrected chi connectivity index (χ0v) is 15.4. The Balaban J connectivity index is 1.35. The van der Waals surface area contributed by atoms with Crippen LogP contribution in [0, 0.1) is 0 Å². The molecule has 1 aromatic carbocycles. The Labute approximate surface area is 154 Å². The van der Waals surface area contributed by atoms with Crippen molar-refractivity contribution in [1.29, 1.82) is 0 Å². The molecule has 0 saturated carbocycles. The van der Waals surface area contributed by atoms with Crippen LogP contribution < -0.4 is 4.74 Å². The van der Waals surface area contributed by atoms with E-state index >= 15 is 0 Å². The second-order valence-electron chi connectivity index (χ2n) is 7.40. The molecule has 0 aromatic heterocycles. The molecule has 4 rings (SSSR count). The van der Waals surface area contributed by atoms with E-state index < -0.39 is 0 Å². The molecule has 1 amide bonds. The van der Waals surface area contributed by atoms with Crippen LogP contribution >= 0.6 is 0 Å². The molecule has 6 heteroatoms. The highest BCUT2D eigenvalue weighted by Crippen LogP contribution is 2.33. The number of hydrogen-bond acceptors (Lipinski definition) is 5. The second kappa shape index (κ2) is 7.94. The summed E-state index contributed by atoms with van der Waals surface area (Å²) in [5, 5.41) is 1.53. The second-order valence-corrected chi connectivity index (χ2v) is 7.40. The van der Waals surface area contributed by atoms with Gasteiger partial charge in [-0.25, -0.2) is 5.06 Å². The summed E-state index contributed by atoms with van der Waals surface area (Å²) in [6.07, 6.45) is 4.60. The third-order valence-electron chi connectivity index (χ3n) is 5.71. The zero-order valence-electron chi connectivity index (χ0n) is 15.4. The zero-order chi connectivity index (χ0) is 17.9. The number of carbonyl (C=O) groups is 1. The molecule has 26 heavy (non-hydrogen) atoms. The van der Waals surface area contributed by atoms with Crippen molar-refractivity contribution in [2.24, 2.45) is 0 Å². The van der Waals surface area contributed by atoms with E-state index in [1.807, 2.05) is 12.1 Å². The van der Waals surface area contributed by atoms with Crippen LogP contribution in [0.1, 0.15) is 37.7 Å². The van der Waals surface area contributed by atoms with E-state index in [-0.39, 0.29) is 18.1 Å². The maximum Gasteiger partial charge on any atom is 0.275 e.